The van der Waals surface area contributed by atoms with Gasteiger partial charge in [0, 0.05) is 27.2 Å². The fraction of sp³-hybridized carbons (Fsp3) is 0.917. The summed E-state index contributed by atoms with van der Waals surface area (Å²) in [6, 6.07) is 0.0174. The Morgan fingerprint density at radius 2 is 2.12 bits per heavy atom. The fourth-order valence-electron chi connectivity index (χ4n) is 2.27. The summed E-state index contributed by atoms with van der Waals surface area (Å²) in [6.45, 7) is 0.618. The number of carbonyl (C=O) groups is 1. The maximum atomic E-state index is 11.8. The predicted octanol–water partition coefficient (Wildman–Crippen LogP) is 1.17. The van der Waals surface area contributed by atoms with Gasteiger partial charge in [0.2, 0.25) is 5.91 Å². The van der Waals surface area contributed by atoms with E-state index in [0.717, 1.165) is 32.1 Å². The SMILES string of the molecule is COCCCC(=O)N(C)C1CCCCC1O. The van der Waals surface area contributed by atoms with Gasteiger partial charge in [-0.15, -0.1) is 0 Å². The second-order valence-corrected chi connectivity index (χ2v) is 4.52. The van der Waals surface area contributed by atoms with Gasteiger partial charge in [0.1, 0.15) is 0 Å². The van der Waals surface area contributed by atoms with Crippen LogP contribution < -0.4 is 0 Å². The zero-order chi connectivity index (χ0) is 12.0. The van der Waals surface area contributed by atoms with Crippen LogP contribution in [0.25, 0.3) is 0 Å². The summed E-state index contributed by atoms with van der Waals surface area (Å²) in [4.78, 5) is 13.5. The molecular formula is C12H23NO3. The number of rotatable bonds is 5. The number of carbonyl (C=O) groups excluding carboxylic acids is 1. The monoisotopic (exact) mass is 229 g/mol. The summed E-state index contributed by atoms with van der Waals surface area (Å²) < 4.78 is 4.92. The van der Waals surface area contributed by atoms with Gasteiger partial charge in [-0.2, -0.15) is 0 Å². The quantitative estimate of drug-likeness (QED) is 0.720. The third-order valence-corrected chi connectivity index (χ3v) is 3.32. The van der Waals surface area contributed by atoms with E-state index in [4.69, 9.17) is 4.74 Å². The molecule has 0 aromatic heterocycles. The molecule has 4 heteroatoms. The van der Waals surface area contributed by atoms with Crippen molar-refractivity contribution in [2.24, 2.45) is 0 Å². The highest BCUT2D eigenvalue weighted by molar-refractivity contribution is 5.76. The van der Waals surface area contributed by atoms with Crippen LogP contribution in [0.15, 0.2) is 0 Å². The van der Waals surface area contributed by atoms with Crippen molar-refractivity contribution in [2.45, 2.75) is 50.7 Å². The number of aliphatic hydroxyl groups is 1. The molecular weight excluding hydrogens is 206 g/mol. The van der Waals surface area contributed by atoms with Crippen molar-refractivity contribution in [3.63, 3.8) is 0 Å². The van der Waals surface area contributed by atoms with Gasteiger partial charge in [-0.25, -0.2) is 0 Å². The van der Waals surface area contributed by atoms with Crippen LogP contribution >= 0.6 is 0 Å². The van der Waals surface area contributed by atoms with Crippen LogP contribution in [0.4, 0.5) is 0 Å². The molecule has 1 aliphatic carbocycles. The van der Waals surface area contributed by atoms with Gasteiger partial charge >= 0.3 is 0 Å². The summed E-state index contributed by atoms with van der Waals surface area (Å²) in [5.74, 6) is 0.114. The Bertz CT molecular complexity index is 220. The van der Waals surface area contributed by atoms with Crippen LogP contribution in [-0.2, 0) is 9.53 Å². The smallest absolute Gasteiger partial charge is 0.222 e. The zero-order valence-corrected chi connectivity index (χ0v) is 10.3. The Morgan fingerprint density at radius 1 is 1.44 bits per heavy atom. The molecule has 0 heterocycles. The minimum Gasteiger partial charge on any atom is -0.391 e. The zero-order valence-electron chi connectivity index (χ0n) is 10.3. The molecule has 1 aliphatic rings. The van der Waals surface area contributed by atoms with Crippen LogP contribution in [0.2, 0.25) is 0 Å². The highest BCUT2D eigenvalue weighted by Gasteiger charge is 2.28. The first-order valence-corrected chi connectivity index (χ1v) is 6.09. The summed E-state index contributed by atoms with van der Waals surface area (Å²) in [5.41, 5.74) is 0. The van der Waals surface area contributed by atoms with Gasteiger partial charge in [-0.3, -0.25) is 4.79 Å². The van der Waals surface area contributed by atoms with Crippen LogP contribution in [-0.4, -0.2) is 48.8 Å². The molecule has 1 saturated carbocycles. The molecule has 4 nitrogen and oxygen atoms in total. The lowest BCUT2D eigenvalue weighted by Crippen LogP contribution is -2.46. The Balaban J connectivity index is 2.36. The van der Waals surface area contributed by atoms with Gasteiger partial charge in [0.25, 0.3) is 0 Å². The maximum absolute atomic E-state index is 11.8. The molecule has 0 aromatic carbocycles. The number of hydrogen-bond acceptors (Lipinski definition) is 3. The molecule has 94 valence electrons. The molecule has 0 radical (unpaired) electrons. The maximum Gasteiger partial charge on any atom is 0.222 e. The van der Waals surface area contributed by atoms with Gasteiger partial charge in [0.05, 0.1) is 12.1 Å². The Morgan fingerprint density at radius 3 is 2.75 bits per heavy atom. The number of ether oxygens (including phenoxy) is 1. The van der Waals surface area contributed by atoms with Gasteiger partial charge in [-0.05, 0) is 19.3 Å². The lowest BCUT2D eigenvalue weighted by atomic mass is 9.91. The first-order chi connectivity index (χ1) is 7.66. The van der Waals surface area contributed by atoms with Gasteiger partial charge in [-0.1, -0.05) is 12.8 Å². The number of nitrogens with zero attached hydrogens (tertiary/aromatic N) is 1. The second kappa shape index (κ2) is 6.86. The molecule has 1 N–H and O–H groups in total. The topological polar surface area (TPSA) is 49.8 Å². The van der Waals surface area contributed by atoms with E-state index in [-0.39, 0.29) is 18.1 Å². The lowest BCUT2D eigenvalue weighted by Gasteiger charge is -2.35. The van der Waals surface area contributed by atoms with Crippen LogP contribution in [0.3, 0.4) is 0 Å². The number of aliphatic hydroxyl groups excluding tert-OH is 1. The summed E-state index contributed by atoms with van der Waals surface area (Å²) in [5, 5.41) is 9.84. The standard InChI is InChI=1S/C12H23NO3/c1-13(12(15)8-5-9-16-2)10-6-3-4-7-11(10)14/h10-11,14H,3-9H2,1-2H3. The van der Waals surface area contributed by atoms with E-state index >= 15 is 0 Å². The molecule has 0 spiro atoms. The number of amides is 1. The Hall–Kier alpha value is -0.610. The van der Waals surface area contributed by atoms with Crippen molar-refractivity contribution in [2.75, 3.05) is 20.8 Å². The summed E-state index contributed by atoms with van der Waals surface area (Å²) in [7, 11) is 3.44. The van der Waals surface area contributed by atoms with E-state index in [9.17, 15) is 9.90 Å². The first kappa shape index (κ1) is 13.5. The van der Waals surface area contributed by atoms with Crippen molar-refractivity contribution >= 4 is 5.91 Å². The summed E-state index contributed by atoms with van der Waals surface area (Å²) >= 11 is 0. The van der Waals surface area contributed by atoms with Crippen LogP contribution in [0.1, 0.15) is 38.5 Å². The minimum absolute atomic E-state index is 0.0174. The van der Waals surface area contributed by atoms with Crippen LogP contribution in [0.5, 0.6) is 0 Å². The molecule has 1 amide bonds. The van der Waals surface area contributed by atoms with E-state index < -0.39 is 0 Å². The van der Waals surface area contributed by atoms with Gasteiger partial charge < -0.3 is 14.7 Å². The third kappa shape index (κ3) is 3.76. The van der Waals surface area contributed by atoms with Crippen molar-refractivity contribution in [3.05, 3.63) is 0 Å². The average molecular weight is 229 g/mol. The third-order valence-electron chi connectivity index (χ3n) is 3.32. The Labute approximate surface area is 97.6 Å². The molecule has 16 heavy (non-hydrogen) atoms. The minimum atomic E-state index is -0.342. The fourth-order valence-corrected chi connectivity index (χ4v) is 2.27. The van der Waals surface area contributed by atoms with E-state index in [1.807, 2.05) is 0 Å². The second-order valence-electron chi connectivity index (χ2n) is 4.52. The molecule has 1 fully saturated rings. The number of methoxy groups -OCH3 is 1. The van der Waals surface area contributed by atoms with Crippen molar-refractivity contribution < 1.29 is 14.6 Å². The highest BCUT2D eigenvalue weighted by Crippen LogP contribution is 2.22. The van der Waals surface area contributed by atoms with Gasteiger partial charge in [0.15, 0.2) is 0 Å². The lowest BCUT2D eigenvalue weighted by molar-refractivity contribution is -0.135. The van der Waals surface area contributed by atoms with Crippen molar-refractivity contribution in [1.82, 2.24) is 4.90 Å². The largest absolute Gasteiger partial charge is 0.391 e. The average Bonchev–Trinajstić information content (AvgIpc) is 2.29. The predicted molar refractivity (Wildman–Crippen MR) is 62.1 cm³/mol. The first-order valence-electron chi connectivity index (χ1n) is 6.09. The molecule has 1 rings (SSSR count). The van der Waals surface area contributed by atoms with E-state index in [0.29, 0.717) is 13.0 Å². The number of likely N-dealkylation sites (N-methyl/N-ethyl adjacent to an activating group) is 1. The molecule has 0 aliphatic heterocycles. The van der Waals surface area contributed by atoms with Crippen LogP contribution in [0, 0.1) is 0 Å². The van der Waals surface area contributed by atoms with Crippen molar-refractivity contribution in [1.29, 1.82) is 0 Å². The molecule has 2 unspecified atom stereocenters. The molecule has 0 saturated heterocycles. The number of hydrogen-bond donors (Lipinski definition) is 1. The molecule has 0 aromatic rings. The molecule has 2 atom stereocenters. The Kier molecular flexibility index (Phi) is 5.77. The molecule has 0 bridgehead atoms. The van der Waals surface area contributed by atoms with E-state index in [1.165, 1.54) is 0 Å². The summed E-state index contributed by atoms with van der Waals surface area (Å²) in [6.07, 6.45) is 4.84. The van der Waals surface area contributed by atoms with E-state index in [1.54, 1.807) is 19.1 Å². The highest BCUT2D eigenvalue weighted by atomic mass is 16.5. The van der Waals surface area contributed by atoms with Crippen molar-refractivity contribution in [3.8, 4) is 0 Å². The normalized spacial score (nSPS) is 25.4. The van der Waals surface area contributed by atoms with E-state index in [2.05, 4.69) is 0 Å².